The molecule has 0 atom stereocenters. The van der Waals surface area contributed by atoms with E-state index in [9.17, 15) is 8.78 Å². The van der Waals surface area contributed by atoms with Gasteiger partial charge >= 0.3 is 0 Å². The summed E-state index contributed by atoms with van der Waals surface area (Å²) in [4.78, 5) is 0. The summed E-state index contributed by atoms with van der Waals surface area (Å²) in [5.74, 6) is -0.491. The number of aromatic nitrogens is 1. The molecule has 3 aromatic rings. The molecule has 108 valence electrons. The summed E-state index contributed by atoms with van der Waals surface area (Å²) in [6, 6.07) is 11.2. The minimum absolute atomic E-state index is 0. The maximum atomic E-state index is 13.5. The number of nitrogens with zero attached hydrogens (tertiary/aromatic N) is 1. The van der Waals surface area contributed by atoms with Crippen molar-refractivity contribution in [2.24, 2.45) is 0 Å². The molecule has 0 bridgehead atoms. The van der Waals surface area contributed by atoms with Crippen molar-refractivity contribution in [1.82, 2.24) is 9.88 Å². The van der Waals surface area contributed by atoms with Gasteiger partial charge in [0.05, 0.1) is 5.52 Å². The van der Waals surface area contributed by atoms with Crippen molar-refractivity contribution in [2.75, 3.05) is 0 Å². The molecule has 1 aromatic heterocycles. The quantitative estimate of drug-likeness (QED) is 0.721. The van der Waals surface area contributed by atoms with Crippen LogP contribution in [0.1, 0.15) is 11.3 Å². The molecule has 0 aliphatic carbocycles. The van der Waals surface area contributed by atoms with E-state index in [1.165, 1.54) is 18.2 Å². The van der Waals surface area contributed by atoms with Gasteiger partial charge in [0.2, 0.25) is 0 Å². The Kier molecular flexibility index (Phi) is 3.43. The summed E-state index contributed by atoms with van der Waals surface area (Å²) < 4.78 is 28.7. The van der Waals surface area contributed by atoms with Crippen LogP contribution in [0.3, 0.4) is 0 Å². The van der Waals surface area contributed by atoms with Gasteiger partial charge in [-0.05, 0) is 48.0 Å². The Hall–Kier alpha value is -1.91. The van der Waals surface area contributed by atoms with Crippen LogP contribution >= 0.6 is 12.4 Å². The lowest BCUT2D eigenvalue weighted by atomic mass is 10.1. The molecule has 1 aliphatic rings. The fourth-order valence-corrected chi connectivity index (χ4v) is 2.95. The van der Waals surface area contributed by atoms with Gasteiger partial charge in [-0.2, -0.15) is 0 Å². The van der Waals surface area contributed by atoms with Gasteiger partial charge in [0.1, 0.15) is 11.6 Å². The molecule has 0 spiro atoms. The summed E-state index contributed by atoms with van der Waals surface area (Å²) in [5, 5.41) is 4.21. The predicted octanol–water partition coefficient (Wildman–Crippen LogP) is 3.93. The van der Waals surface area contributed by atoms with Crippen LogP contribution in [-0.4, -0.2) is 4.57 Å². The summed E-state index contributed by atoms with van der Waals surface area (Å²) in [7, 11) is 0. The molecule has 0 saturated carbocycles. The topological polar surface area (TPSA) is 17.0 Å². The van der Waals surface area contributed by atoms with Crippen molar-refractivity contribution >= 4 is 23.3 Å². The van der Waals surface area contributed by atoms with Crippen LogP contribution in [0.5, 0.6) is 0 Å². The highest BCUT2D eigenvalue weighted by molar-refractivity contribution is 5.88. The van der Waals surface area contributed by atoms with E-state index in [0.29, 0.717) is 0 Å². The molecule has 2 nitrogen and oxygen atoms in total. The lowest BCUT2D eigenvalue weighted by Crippen LogP contribution is -2.06. The third-order valence-corrected chi connectivity index (χ3v) is 3.82. The number of nitrogens with one attached hydrogen (secondary N) is 1. The maximum absolute atomic E-state index is 13.5. The van der Waals surface area contributed by atoms with E-state index in [1.54, 1.807) is 24.3 Å². The fraction of sp³-hybridized carbons (Fsp3) is 0.125. The van der Waals surface area contributed by atoms with Crippen molar-refractivity contribution in [2.45, 2.75) is 13.1 Å². The van der Waals surface area contributed by atoms with E-state index in [1.807, 2.05) is 0 Å². The van der Waals surface area contributed by atoms with Gasteiger partial charge < -0.3 is 9.88 Å². The van der Waals surface area contributed by atoms with E-state index in [4.69, 9.17) is 0 Å². The number of hydrogen-bond acceptors (Lipinski definition) is 1. The first-order valence-corrected chi connectivity index (χ1v) is 6.52. The minimum atomic E-state index is -0.258. The van der Waals surface area contributed by atoms with Crippen LogP contribution in [0, 0.1) is 11.6 Å². The molecule has 0 fully saturated rings. The van der Waals surface area contributed by atoms with E-state index in [2.05, 4.69) is 9.88 Å². The Morgan fingerprint density at radius 1 is 0.905 bits per heavy atom. The minimum Gasteiger partial charge on any atom is -0.312 e. The van der Waals surface area contributed by atoms with Gasteiger partial charge in [-0.1, -0.05) is 0 Å². The highest BCUT2D eigenvalue weighted by Gasteiger charge is 2.22. The van der Waals surface area contributed by atoms with Crippen LogP contribution in [0.4, 0.5) is 8.78 Å². The molecule has 1 aliphatic heterocycles. The fourth-order valence-electron chi connectivity index (χ4n) is 2.95. The van der Waals surface area contributed by atoms with Crippen LogP contribution in [0.15, 0.2) is 42.5 Å². The van der Waals surface area contributed by atoms with Crippen LogP contribution < -0.4 is 5.32 Å². The van der Waals surface area contributed by atoms with Crippen molar-refractivity contribution in [3.63, 3.8) is 0 Å². The number of halogens is 3. The number of benzene rings is 2. The van der Waals surface area contributed by atoms with Crippen molar-refractivity contribution in [3.8, 4) is 5.69 Å². The molecule has 0 saturated heterocycles. The normalized spacial score (nSPS) is 13.2. The van der Waals surface area contributed by atoms with E-state index in [0.717, 1.165) is 40.9 Å². The monoisotopic (exact) mass is 306 g/mol. The van der Waals surface area contributed by atoms with Gasteiger partial charge in [-0.25, -0.2) is 8.78 Å². The van der Waals surface area contributed by atoms with Crippen LogP contribution in [0.2, 0.25) is 0 Å². The first-order chi connectivity index (χ1) is 9.74. The molecule has 5 heteroatoms. The zero-order chi connectivity index (χ0) is 13.7. The molecule has 2 heterocycles. The largest absolute Gasteiger partial charge is 0.312 e. The SMILES string of the molecule is Cl.Fc1ccc(-n2c3c(c4cc(F)ccc42)CNC3)cc1. The maximum Gasteiger partial charge on any atom is 0.123 e. The number of hydrogen-bond donors (Lipinski definition) is 1. The van der Waals surface area contributed by atoms with Gasteiger partial charge in [0, 0.05) is 29.9 Å². The van der Waals surface area contributed by atoms with E-state index < -0.39 is 0 Å². The second kappa shape index (κ2) is 5.13. The molecule has 1 N–H and O–H groups in total. The molecule has 21 heavy (non-hydrogen) atoms. The van der Waals surface area contributed by atoms with Crippen LogP contribution in [-0.2, 0) is 13.1 Å². The molecule has 0 radical (unpaired) electrons. The van der Waals surface area contributed by atoms with Gasteiger partial charge in [-0.3, -0.25) is 0 Å². The summed E-state index contributed by atoms with van der Waals surface area (Å²) in [6.45, 7) is 1.48. The molecular formula is C16H13ClF2N2. The smallest absolute Gasteiger partial charge is 0.123 e. The Labute approximate surface area is 126 Å². The summed E-state index contributed by atoms with van der Waals surface area (Å²) >= 11 is 0. The Balaban J connectivity index is 0.00000132. The lowest BCUT2D eigenvalue weighted by Gasteiger charge is -2.09. The van der Waals surface area contributed by atoms with Crippen molar-refractivity contribution in [1.29, 1.82) is 0 Å². The predicted molar refractivity (Wildman–Crippen MR) is 81.0 cm³/mol. The zero-order valence-corrected chi connectivity index (χ0v) is 11.9. The van der Waals surface area contributed by atoms with Crippen molar-refractivity contribution < 1.29 is 8.78 Å². The summed E-state index contributed by atoms with van der Waals surface area (Å²) in [5.41, 5.74) is 4.11. The first-order valence-electron chi connectivity index (χ1n) is 6.52. The van der Waals surface area contributed by atoms with Gasteiger partial charge in [0.15, 0.2) is 0 Å². The summed E-state index contributed by atoms with van der Waals surface area (Å²) in [6.07, 6.45) is 0. The average molecular weight is 307 g/mol. The highest BCUT2D eigenvalue weighted by atomic mass is 35.5. The number of rotatable bonds is 1. The second-order valence-electron chi connectivity index (χ2n) is 5.00. The van der Waals surface area contributed by atoms with Gasteiger partial charge in [-0.15, -0.1) is 12.4 Å². The Morgan fingerprint density at radius 3 is 2.38 bits per heavy atom. The average Bonchev–Trinajstić information content (AvgIpc) is 3.01. The van der Waals surface area contributed by atoms with Crippen LogP contribution in [0.25, 0.3) is 16.6 Å². The second-order valence-corrected chi connectivity index (χ2v) is 5.00. The molecule has 2 aromatic carbocycles. The third kappa shape index (κ3) is 2.11. The highest BCUT2D eigenvalue weighted by Crippen LogP contribution is 2.32. The van der Waals surface area contributed by atoms with E-state index in [-0.39, 0.29) is 24.0 Å². The Morgan fingerprint density at radius 2 is 1.62 bits per heavy atom. The third-order valence-electron chi connectivity index (χ3n) is 3.82. The first kappa shape index (κ1) is 14.0. The lowest BCUT2D eigenvalue weighted by molar-refractivity contribution is 0.627. The Bertz CT molecular complexity index is 809. The molecule has 0 unspecified atom stereocenters. The standard InChI is InChI=1S/C16H12F2N2.ClH/c17-10-1-4-12(5-2-10)20-15-6-3-11(18)7-13(15)14-8-19-9-16(14)20;/h1-7,19H,8-9H2;1H. The van der Waals surface area contributed by atoms with Crippen molar-refractivity contribution in [3.05, 3.63) is 65.4 Å². The number of fused-ring (bicyclic) bond motifs is 3. The van der Waals surface area contributed by atoms with Gasteiger partial charge in [0.25, 0.3) is 0 Å². The molecule has 0 amide bonds. The zero-order valence-electron chi connectivity index (χ0n) is 11.1. The molecular weight excluding hydrogens is 294 g/mol. The van der Waals surface area contributed by atoms with E-state index >= 15 is 0 Å². The molecule has 4 rings (SSSR count).